The highest BCUT2D eigenvalue weighted by atomic mass is 35.5. The van der Waals surface area contributed by atoms with Crippen LogP contribution in [-0.4, -0.2) is 17.7 Å². The van der Waals surface area contributed by atoms with Crippen LogP contribution >= 0.6 is 11.6 Å². The first-order chi connectivity index (χ1) is 7.58. The zero-order valence-electron chi connectivity index (χ0n) is 8.66. The van der Waals surface area contributed by atoms with Crippen molar-refractivity contribution < 1.29 is 14.6 Å². The Kier molecular flexibility index (Phi) is 4.15. The summed E-state index contributed by atoms with van der Waals surface area (Å²) in [6.07, 6.45) is -0.0219. The number of benzene rings is 1. The van der Waals surface area contributed by atoms with Crippen LogP contribution in [0.15, 0.2) is 12.1 Å². The Bertz CT molecular complexity index is 451. The Hall–Kier alpha value is -1.73. The molecule has 1 aromatic rings. The van der Waals surface area contributed by atoms with Crippen molar-refractivity contribution in [2.45, 2.75) is 13.3 Å². The van der Waals surface area contributed by atoms with Crippen LogP contribution in [0.3, 0.4) is 0 Å². The van der Waals surface area contributed by atoms with E-state index in [1.54, 1.807) is 13.0 Å². The summed E-state index contributed by atoms with van der Waals surface area (Å²) < 4.78 is 4.75. The SMILES string of the molecule is CCOC(=O)Cc1cc(O)c(C#N)cc1Cl. The summed E-state index contributed by atoms with van der Waals surface area (Å²) in [7, 11) is 0. The number of hydrogen-bond donors (Lipinski definition) is 1. The smallest absolute Gasteiger partial charge is 0.310 e. The number of carbonyl (C=O) groups excluding carboxylic acids is 1. The lowest BCUT2D eigenvalue weighted by Crippen LogP contribution is -2.07. The highest BCUT2D eigenvalue weighted by molar-refractivity contribution is 6.31. The quantitative estimate of drug-likeness (QED) is 0.820. The number of hydrogen-bond acceptors (Lipinski definition) is 4. The Morgan fingerprint density at radius 2 is 2.31 bits per heavy atom. The van der Waals surface area contributed by atoms with Gasteiger partial charge in [-0.3, -0.25) is 4.79 Å². The Balaban J connectivity index is 2.95. The van der Waals surface area contributed by atoms with Crippen LogP contribution in [0.2, 0.25) is 5.02 Å². The molecule has 0 aliphatic carbocycles. The second-order valence-electron chi connectivity index (χ2n) is 3.05. The molecule has 0 amide bonds. The number of aromatic hydroxyl groups is 1. The van der Waals surface area contributed by atoms with E-state index in [1.165, 1.54) is 12.1 Å². The molecule has 0 heterocycles. The van der Waals surface area contributed by atoms with Gasteiger partial charge in [0.05, 0.1) is 18.6 Å². The first-order valence-electron chi connectivity index (χ1n) is 4.65. The van der Waals surface area contributed by atoms with Gasteiger partial charge in [0, 0.05) is 5.02 Å². The number of phenols is 1. The molecule has 0 saturated carbocycles. The molecule has 0 spiro atoms. The Labute approximate surface area is 98.0 Å². The summed E-state index contributed by atoms with van der Waals surface area (Å²) in [5.74, 6) is -0.611. The minimum Gasteiger partial charge on any atom is -0.507 e. The number of nitriles is 1. The number of halogens is 1. The number of phenolic OH excluding ortho intramolecular Hbond substituents is 1. The lowest BCUT2D eigenvalue weighted by Gasteiger charge is -2.06. The van der Waals surface area contributed by atoms with Crippen molar-refractivity contribution in [3.8, 4) is 11.8 Å². The number of rotatable bonds is 3. The van der Waals surface area contributed by atoms with E-state index in [0.29, 0.717) is 12.2 Å². The summed E-state index contributed by atoms with van der Waals surface area (Å²) in [6.45, 7) is 1.99. The van der Waals surface area contributed by atoms with Crippen molar-refractivity contribution in [3.05, 3.63) is 28.3 Å². The van der Waals surface area contributed by atoms with Gasteiger partial charge in [0.15, 0.2) is 0 Å². The van der Waals surface area contributed by atoms with Crippen LogP contribution in [0.5, 0.6) is 5.75 Å². The van der Waals surface area contributed by atoms with Gasteiger partial charge in [-0.2, -0.15) is 5.26 Å². The molecule has 84 valence electrons. The highest BCUT2D eigenvalue weighted by Crippen LogP contribution is 2.26. The van der Waals surface area contributed by atoms with Crippen molar-refractivity contribution >= 4 is 17.6 Å². The molecule has 4 nitrogen and oxygen atoms in total. The van der Waals surface area contributed by atoms with E-state index in [-0.39, 0.29) is 22.8 Å². The molecule has 0 atom stereocenters. The monoisotopic (exact) mass is 239 g/mol. The zero-order chi connectivity index (χ0) is 12.1. The second-order valence-corrected chi connectivity index (χ2v) is 3.46. The molecule has 0 radical (unpaired) electrons. The van der Waals surface area contributed by atoms with E-state index in [4.69, 9.17) is 21.6 Å². The Morgan fingerprint density at radius 1 is 1.62 bits per heavy atom. The van der Waals surface area contributed by atoms with Gasteiger partial charge in [0.2, 0.25) is 0 Å². The average Bonchev–Trinajstić information content (AvgIpc) is 2.23. The molecule has 16 heavy (non-hydrogen) atoms. The summed E-state index contributed by atoms with van der Waals surface area (Å²) in [6, 6.07) is 4.42. The molecule has 1 rings (SSSR count). The Morgan fingerprint density at radius 3 is 2.88 bits per heavy atom. The number of ether oxygens (including phenoxy) is 1. The minimum absolute atomic E-state index is 0.0219. The van der Waals surface area contributed by atoms with Gasteiger partial charge in [-0.05, 0) is 24.6 Å². The van der Waals surface area contributed by atoms with E-state index in [0.717, 1.165) is 0 Å². The third-order valence-corrected chi connectivity index (χ3v) is 2.28. The third kappa shape index (κ3) is 2.88. The first-order valence-corrected chi connectivity index (χ1v) is 5.03. The molecule has 0 saturated heterocycles. The summed E-state index contributed by atoms with van der Waals surface area (Å²) >= 11 is 5.85. The van der Waals surface area contributed by atoms with Crippen LogP contribution < -0.4 is 0 Å². The van der Waals surface area contributed by atoms with Gasteiger partial charge >= 0.3 is 5.97 Å². The van der Waals surface area contributed by atoms with Crippen LogP contribution in [0.1, 0.15) is 18.1 Å². The zero-order valence-corrected chi connectivity index (χ0v) is 9.41. The van der Waals surface area contributed by atoms with Crippen LogP contribution in [0.4, 0.5) is 0 Å². The van der Waals surface area contributed by atoms with Crippen molar-refractivity contribution in [1.82, 2.24) is 0 Å². The van der Waals surface area contributed by atoms with E-state index in [1.807, 2.05) is 0 Å². The van der Waals surface area contributed by atoms with Gasteiger partial charge < -0.3 is 9.84 Å². The second kappa shape index (κ2) is 5.38. The summed E-state index contributed by atoms with van der Waals surface area (Å²) in [4.78, 5) is 11.2. The third-order valence-electron chi connectivity index (χ3n) is 1.93. The molecule has 0 fully saturated rings. The predicted molar refractivity (Wildman–Crippen MR) is 58.2 cm³/mol. The first kappa shape index (κ1) is 12.3. The van der Waals surface area contributed by atoms with Gasteiger partial charge in [-0.25, -0.2) is 0 Å². The molecule has 5 heteroatoms. The van der Waals surface area contributed by atoms with Gasteiger partial charge in [0.1, 0.15) is 11.8 Å². The molecule has 0 aromatic heterocycles. The molecule has 0 bridgehead atoms. The fourth-order valence-corrected chi connectivity index (χ4v) is 1.43. The molecule has 0 aliphatic heterocycles. The fraction of sp³-hybridized carbons (Fsp3) is 0.273. The minimum atomic E-state index is -0.423. The van der Waals surface area contributed by atoms with Crippen molar-refractivity contribution in [2.75, 3.05) is 6.61 Å². The van der Waals surface area contributed by atoms with E-state index < -0.39 is 5.97 Å². The molecule has 0 aliphatic rings. The number of carbonyl (C=O) groups is 1. The van der Waals surface area contributed by atoms with E-state index >= 15 is 0 Å². The maximum Gasteiger partial charge on any atom is 0.310 e. The van der Waals surface area contributed by atoms with Crippen LogP contribution in [0, 0.1) is 11.3 Å². The number of nitrogens with zero attached hydrogens (tertiary/aromatic N) is 1. The molecular formula is C11H10ClNO3. The molecular weight excluding hydrogens is 230 g/mol. The van der Waals surface area contributed by atoms with Crippen molar-refractivity contribution in [2.24, 2.45) is 0 Å². The standard InChI is InChI=1S/C11H10ClNO3/c1-2-16-11(15)5-7-4-10(14)8(6-13)3-9(7)12/h3-4,14H,2,5H2,1H3. The lowest BCUT2D eigenvalue weighted by atomic mass is 10.1. The fourth-order valence-electron chi connectivity index (χ4n) is 1.20. The topological polar surface area (TPSA) is 70.3 Å². The number of esters is 1. The van der Waals surface area contributed by atoms with Crippen molar-refractivity contribution in [1.29, 1.82) is 5.26 Å². The average molecular weight is 240 g/mol. The summed E-state index contributed by atoms with van der Waals surface area (Å²) in [5.41, 5.74) is 0.522. The maximum atomic E-state index is 11.2. The van der Waals surface area contributed by atoms with Crippen molar-refractivity contribution in [3.63, 3.8) is 0 Å². The predicted octanol–water partition coefficient (Wildman–Crippen LogP) is 2.02. The molecule has 0 unspecified atom stereocenters. The normalized spacial score (nSPS) is 9.56. The van der Waals surface area contributed by atoms with Crippen LogP contribution in [-0.2, 0) is 16.0 Å². The molecule has 1 aromatic carbocycles. The van der Waals surface area contributed by atoms with Gasteiger partial charge in [0.25, 0.3) is 0 Å². The summed E-state index contributed by atoms with van der Waals surface area (Å²) in [5, 5.41) is 18.3. The van der Waals surface area contributed by atoms with E-state index in [9.17, 15) is 9.90 Å². The largest absolute Gasteiger partial charge is 0.507 e. The molecule has 1 N–H and O–H groups in total. The van der Waals surface area contributed by atoms with Gasteiger partial charge in [-0.15, -0.1) is 0 Å². The maximum absolute atomic E-state index is 11.2. The van der Waals surface area contributed by atoms with E-state index in [2.05, 4.69) is 0 Å². The highest BCUT2D eigenvalue weighted by Gasteiger charge is 2.11. The lowest BCUT2D eigenvalue weighted by molar-refractivity contribution is -0.142. The van der Waals surface area contributed by atoms with Crippen LogP contribution in [0.25, 0.3) is 0 Å². The van der Waals surface area contributed by atoms with Gasteiger partial charge in [-0.1, -0.05) is 11.6 Å².